The third-order valence-corrected chi connectivity index (χ3v) is 4.05. The Morgan fingerprint density at radius 1 is 1.41 bits per heavy atom. The van der Waals surface area contributed by atoms with Gasteiger partial charge in [-0.3, -0.25) is 19.6 Å². The second kappa shape index (κ2) is 6.43. The molecular weight excluding hydrogens is 286 g/mol. The average molecular weight is 309 g/mol. The van der Waals surface area contributed by atoms with Crippen molar-refractivity contribution in [1.82, 2.24) is 25.4 Å². The molecule has 0 spiro atoms. The number of nitrogens with zero attached hydrogens (tertiary/aromatic N) is 3. The molecule has 8 heteroatoms. The van der Waals surface area contributed by atoms with E-state index in [1.54, 1.807) is 6.92 Å². The first kappa shape index (κ1) is 16.4. The molecule has 8 nitrogen and oxygen atoms in total. The minimum atomic E-state index is -0.977. The zero-order valence-electron chi connectivity index (χ0n) is 13.2. The second-order valence-electron chi connectivity index (χ2n) is 6.16. The Bertz CT molecular complexity index is 548. The number of amides is 1. The molecule has 0 saturated carbocycles. The van der Waals surface area contributed by atoms with Crippen molar-refractivity contribution in [2.45, 2.75) is 51.6 Å². The summed E-state index contributed by atoms with van der Waals surface area (Å²) in [6, 6.07) is -0.381. The summed E-state index contributed by atoms with van der Waals surface area (Å²) in [6.07, 6.45) is 2.02. The van der Waals surface area contributed by atoms with Crippen molar-refractivity contribution in [3.05, 3.63) is 11.6 Å². The second-order valence-corrected chi connectivity index (χ2v) is 6.16. The molecule has 1 amide bonds. The fourth-order valence-corrected chi connectivity index (χ4v) is 2.58. The number of hydrogen-bond donors (Lipinski definition) is 3. The van der Waals surface area contributed by atoms with Crippen molar-refractivity contribution in [3.63, 3.8) is 0 Å². The first-order valence-corrected chi connectivity index (χ1v) is 7.49. The summed E-state index contributed by atoms with van der Waals surface area (Å²) in [7, 11) is 0. The third-order valence-electron chi connectivity index (χ3n) is 4.05. The van der Waals surface area contributed by atoms with E-state index in [4.69, 9.17) is 5.11 Å². The first-order chi connectivity index (χ1) is 10.3. The molecule has 1 aliphatic rings. The highest BCUT2D eigenvalue weighted by Gasteiger charge is 2.36. The zero-order chi connectivity index (χ0) is 16.3. The van der Waals surface area contributed by atoms with Crippen molar-refractivity contribution in [1.29, 1.82) is 0 Å². The molecular formula is C14H23N5O3. The highest BCUT2D eigenvalue weighted by atomic mass is 16.4. The molecule has 2 heterocycles. The van der Waals surface area contributed by atoms with Gasteiger partial charge in [0, 0.05) is 0 Å². The van der Waals surface area contributed by atoms with Gasteiger partial charge in [-0.05, 0) is 46.7 Å². The van der Waals surface area contributed by atoms with Gasteiger partial charge < -0.3 is 10.4 Å². The molecule has 2 rings (SSSR count). The van der Waals surface area contributed by atoms with Crippen molar-refractivity contribution < 1.29 is 14.7 Å². The van der Waals surface area contributed by atoms with Crippen LogP contribution in [-0.4, -0.2) is 55.7 Å². The standard InChI is InChI=1S/C14H23N5O3/c1-9(12-16-10(17-18-12)8-11(20)21)15-13(22)14(2,3)19-6-4-5-7-19/h9H,4-8H2,1-3H3,(H,15,22)(H,20,21)(H,16,17,18). The summed E-state index contributed by atoms with van der Waals surface area (Å²) >= 11 is 0. The lowest BCUT2D eigenvalue weighted by Crippen LogP contribution is -2.54. The number of hydrogen-bond acceptors (Lipinski definition) is 5. The quantitative estimate of drug-likeness (QED) is 0.705. The number of rotatable bonds is 6. The number of aromatic nitrogens is 3. The average Bonchev–Trinajstić information content (AvgIpc) is 3.08. The fourth-order valence-electron chi connectivity index (χ4n) is 2.58. The number of carboxylic acids is 1. The van der Waals surface area contributed by atoms with Gasteiger partial charge in [-0.2, -0.15) is 5.10 Å². The Morgan fingerprint density at radius 3 is 2.64 bits per heavy atom. The summed E-state index contributed by atoms with van der Waals surface area (Å²) in [4.78, 5) is 29.4. The molecule has 1 saturated heterocycles. The molecule has 1 fully saturated rings. The van der Waals surface area contributed by atoms with Crippen molar-refractivity contribution in [3.8, 4) is 0 Å². The maximum Gasteiger partial charge on any atom is 0.311 e. The summed E-state index contributed by atoms with van der Waals surface area (Å²) in [5.74, 6) is -0.384. The van der Waals surface area contributed by atoms with Gasteiger partial charge >= 0.3 is 5.97 Å². The number of carboxylic acid groups (broad SMARTS) is 1. The summed E-state index contributed by atoms with van der Waals surface area (Å²) < 4.78 is 0. The van der Waals surface area contributed by atoms with Crippen molar-refractivity contribution >= 4 is 11.9 Å². The number of aliphatic carboxylic acids is 1. The summed E-state index contributed by atoms with van der Waals surface area (Å²) in [5.41, 5.74) is -0.578. The lowest BCUT2D eigenvalue weighted by atomic mass is 10.0. The van der Waals surface area contributed by atoms with Crippen LogP contribution in [0.25, 0.3) is 0 Å². The fraction of sp³-hybridized carbons (Fsp3) is 0.714. The van der Waals surface area contributed by atoms with Crippen molar-refractivity contribution in [2.24, 2.45) is 0 Å². The summed E-state index contributed by atoms with van der Waals surface area (Å²) in [5, 5.41) is 18.2. The molecule has 0 bridgehead atoms. The van der Waals surface area contributed by atoms with Crippen LogP contribution in [0.15, 0.2) is 0 Å². The van der Waals surface area contributed by atoms with Gasteiger partial charge in [0.1, 0.15) is 12.2 Å². The molecule has 3 N–H and O–H groups in total. The lowest BCUT2D eigenvalue weighted by molar-refractivity contribution is -0.136. The zero-order valence-corrected chi connectivity index (χ0v) is 13.2. The van der Waals surface area contributed by atoms with Crippen LogP contribution in [0.1, 0.15) is 51.3 Å². The number of carbonyl (C=O) groups is 2. The van der Waals surface area contributed by atoms with Gasteiger partial charge in [0.25, 0.3) is 0 Å². The molecule has 1 atom stereocenters. The van der Waals surface area contributed by atoms with Crippen LogP contribution in [0.4, 0.5) is 0 Å². The van der Waals surface area contributed by atoms with Crippen LogP contribution in [-0.2, 0) is 16.0 Å². The lowest BCUT2D eigenvalue weighted by Gasteiger charge is -2.34. The molecule has 122 valence electrons. The SMILES string of the molecule is CC(NC(=O)C(C)(C)N1CCCC1)c1n[nH]c(CC(=O)O)n1. The molecule has 0 aromatic carbocycles. The van der Waals surface area contributed by atoms with Gasteiger partial charge in [-0.25, -0.2) is 4.98 Å². The van der Waals surface area contributed by atoms with E-state index in [2.05, 4.69) is 25.4 Å². The number of carbonyl (C=O) groups excluding carboxylic acids is 1. The largest absolute Gasteiger partial charge is 0.481 e. The Balaban J connectivity index is 1.98. The molecule has 1 unspecified atom stereocenters. The van der Waals surface area contributed by atoms with Crippen LogP contribution in [0, 0.1) is 0 Å². The van der Waals surface area contributed by atoms with Crippen LogP contribution in [0.3, 0.4) is 0 Å². The van der Waals surface area contributed by atoms with Crippen LogP contribution >= 0.6 is 0 Å². The predicted octanol–water partition coefficient (Wildman–Crippen LogP) is 0.483. The van der Waals surface area contributed by atoms with Crippen molar-refractivity contribution in [2.75, 3.05) is 13.1 Å². The first-order valence-electron chi connectivity index (χ1n) is 7.49. The van der Waals surface area contributed by atoms with E-state index >= 15 is 0 Å². The monoisotopic (exact) mass is 309 g/mol. The Morgan fingerprint density at radius 2 is 2.05 bits per heavy atom. The number of nitrogens with one attached hydrogen (secondary N) is 2. The van der Waals surface area contributed by atoms with Crippen LogP contribution < -0.4 is 5.32 Å². The van der Waals surface area contributed by atoms with Crippen LogP contribution in [0.5, 0.6) is 0 Å². The van der Waals surface area contributed by atoms with E-state index in [9.17, 15) is 9.59 Å². The highest BCUT2D eigenvalue weighted by Crippen LogP contribution is 2.22. The van der Waals surface area contributed by atoms with Gasteiger partial charge in [0.15, 0.2) is 5.82 Å². The maximum atomic E-state index is 12.5. The summed E-state index contributed by atoms with van der Waals surface area (Å²) in [6.45, 7) is 7.46. The minimum Gasteiger partial charge on any atom is -0.481 e. The normalized spacial score (nSPS) is 17.4. The van der Waals surface area contributed by atoms with Gasteiger partial charge in [0.2, 0.25) is 5.91 Å². The minimum absolute atomic E-state index is 0.0773. The Labute approximate surface area is 129 Å². The van der Waals surface area contributed by atoms with Gasteiger partial charge in [-0.15, -0.1) is 0 Å². The van der Waals surface area contributed by atoms with E-state index in [0.717, 1.165) is 25.9 Å². The van der Waals surface area contributed by atoms with E-state index in [1.165, 1.54) is 0 Å². The Kier molecular flexibility index (Phi) is 4.80. The Hall–Kier alpha value is -1.96. The maximum absolute atomic E-state index is 12.5. The molecule has 0 aliphatic carbocycles. The van der Waals surface area contributed by atoms with Crippen LogP contribution in [0.2, 0.25) is 0 Å². The third kappa shape index (κ3) is 3.62. The topological polar surface area (TPSA) is 111 Å². The number of H-pyrrole nitrogens is 1. The number of likely N-dealkylation sites (tertiary alicyclic amines) is 1. The molecule has 1 aliphatic heterocycles. The molecule has 22 heavy (non-hydrogen) atoms. The van der Waals surface area contributed by atoms with E-state index in [1.807, 2.05) is 13.8 Å². The van der Waals surface area contributed by atoms with Gasteiger partial charge in [0.05, 0.1) is 11.6 Å². The van der Waals surface area contributed by atoms with E-state index in [-0.39, 0.29) is 24.2 Å². The molecule has 1 aromatic rings. The van der Waals surface area contributed by atoms with E-state index in [0.29, 0.717) is 5.82 Å². The smallest absolute Gasteiger partial charge is 0.311 e. The predicted molar refractivity (Wildman–Crippen MR) is 79.2 cm³/mol. The molecule has 1 aromatic heterocycles. The number of aromatic amines is 1. The molecule has 0 radical (unpaired) electrons. The van der Waals surface area contributed by atoms with E-state index < -0.39 is 11.5 Å². The van der Waals surface area contributed by atoms with Gasteiger partial charge in [-0.1, -0.05) is 0 Å². The highest BCUT2D eigenvalue weighted by molar-refractivity contribution is 5.85.